The van der Waals surface area contributed by atoms with Crippen molar-refractivity contribution in [3.05, 3.63) is 0 Å². The van der Waals surface area contributed by atoms with E-state index in [1.807, 2.05) is 0 Å². The van der Waals surface area contributed by atoms with E-state index in [1.165, 1.54) is 42.7 Å². The van der Waals surface area contributed by atoms with Gasteiger partial charge in [0.2, 0.25) is 0 Å². The van der Waals surface area contributed by atoms with Gasteiger partial charge in [0.15, 0.2) is 12.4 Å². The summed E-state index contributed by atoms with van der Waals surface area (Å²) in [5.41, 5.74) is 0. The minimum Gasteiger partial charge on any atom is -0.467 e. The molecule has 0 saturated carbocycles. The zero-order chi connectivity index (χ0) is 25.0. The first-order valence-electron chi connectivity index (χ1n) is 10.5. The highest BCUT2D eigenvalue weighted by Gasteiger charge is 2.51. The smallest absolute Gasteiger partial charge is 0.337 e. The van der Waals surface area contributed by atoms with Crippen LogP contribution >= 0.6 is 0 Å². The van der Waals surface area contributed by atoms with Crippen molar-refractivity contribution < 1.29 is 56.9 Å². The first-order valence-corrected chi connectivity index (χ1v) is 10.5. The van der Waals surface area contributed by atoms with Crippen LogP contribution in [0.2, 0.25) is 0 Å². The number of hydrogen-bond acceptors (Lipinski definition) is 12. The van der Waals surface area contributed by atoms with Crippen molar-refractivity contribution in [2.45, 2.75) is 55.1 Å². The van der Waals surface area contributed by atoms with Crippen LogP contribution in [0.25, 0.3) is 0 Å². The fraction of sp³-hybridized carbons (Fsp3) is 0.952. The summed E-state index contributed by atoms with van der Waals surface area (Å²) in [5.74, 6) is -0.635. The van der Waals surface area contributed by atoms with Gasteiger partial charge in [-0.25, -0.2) is 4.79 Å². The summed E-state index contributed by atoms with van der Waals surface area (Å²) >= 11 is 0. The SMILES string of the molecule is COC[C@H]1O[C@H](O[C@@H]([C@H](OC)[C@@H](OC)C(=O)OC)[C@@H](COC)OC)[C@H](OC)[C@@H](OC)[C@@H]1OC. The topological polar surface area (TPSA) is 119 Å². The monoisotopic (exact) mass is 484 g/mol. The highest BCUT2D eigenvalue weighted by atomic mass is 16.7. The molecule has 1 aliphatic heterocycles. The molecule has 1 rings (SSSR count). The summed E-state index contributed by atoms with van der Waals surface area (Å²) in [6, 6.07) is 0. The van der Waals surface area contributed by atoms with Crippen molar-refractivity contribution in [1.82, 2.24) is 0 Å². The van der Waals surface area contributed by atoms with Gasteiger partial charge < -0.3 is 52.1 Å². The van der Waals surface area contributed by atoms with E-state index in [0.717, 1.165) is 0 Å². The number of rotatable bonds is 16. The molecule has 0 spiro atoms. The number of esters is 1. The van der Waals surface area contributed by atoms with Crippen LogP contribution in [-0.2, 0) is 56.9 Å². The molecule has 1 saturated heterocycles. The largest absolute Gasteiger partial charge is 0.467 e. The Morgan fingerprint density at radius 1 is 0.758 bits per heavy atom. The highest BCUT2D eigenvalue weighted by molar-refractivity contribution is 5.75. The van der Waals surface area contributed by atoms with Crippen LogP contribution in [0.15, 0.2) is 0 Å². The van der Waals surface area contributed by atoms with Crippen LogP contribution in [0.5, 0.6) is 0 Å². The fourth-order valence-corrected chi connectivity index (χ4v) is 3.99. The van der Waals surface area contributed by atoms with Gasteiger partial charge in [-0.3, -0.25) is 0 Å². The third kappa shape index (κ3) is 7.52. The van der Waals surface area contributed by atoms with Crippen molar-refractivity contribution >= 4 is 5.97 Å². The first-order chi connectivity index (χ1) is 15.9. The van der Waals surface area contributed by atoms with Crippen LogP contribution in [0, 0.1) is 0 Å². The summed E-state index contributed by atoms with van der Waals surface area (Å²) in [7, 11) is 13.2. The molecule has 0 aromatic heterocycles. The molecule has 1 fully saturated rings. The highest BCUT2D eigenvalue weighted by Crippen LogP contribution is 2.31. The summed E-state index contributed by atoms with van der Waals surface area (Å²) in [6.07, 6.45) is -6.79. The van der Waals surface area contributed by atoms with Crippen molar-refractivity contribution in [3.63, 3.8) is 0 Å². The lowest BCUT2D eigenvalue weighted by Gasteiger charge is -2.46. The van der Waals surface area contributed by atoms with Gasteiger partial charge in [-0.2, -0.15) is 0 Å². The fourth-order valence-electron chi connectivity index (χ4n) is 3.99. The van der Waals surface area contributed by atoms with Crippen molar-refractivity contribution in [2.24, 2.45) is 0 Å². The maximum absolute atomic E-state index is 12.4. The number of ether oxygens (including phenoxy) is 11. The molecule has 0 aromatic carbocycles. The van der Waals surface area contributed by atoms with E-state index in [4.69, 9.17) is 52.1 Å². The molecule has 9 atom stereocenters. The van der Waals surface area contributed by atoms with E-state index < -0.39 is 61.1 Å². The maximum Gasteiger partial charge on any atom is 0.337 e. The van der Waals surface area contributed by atoms with Crippen molar-refractivity contribution in [1.29, 1.82) is 0 Å². The lowest BCUT2D eigenvalue weighted by atomic mass is 9.97. The van der Waals surface area contributed by atoms with E-state index in [-0.39, 0.29) is 13.2 Å². The zero-order valence-electron chi connectivity index (χ0n) is 21.0. The Bertz CT molecular complexity index is 535. The van der Waals surface area contributed by atoms with Crippen LogP contribution in [-0.4, -0.2) is 138 Å². The molecule has 33 heavy (non-hydrogen) atoms. The van der Waals surface area contributed by atoms with Gasteiger partial charge in [-0.15, -0.1) is 0 Å². The third-order valence-electron chi connectivity index (χ3n) is 5.61. The molecule has 0 bridgehead atoms. The molecule has 0 aromatic rings. The molecule has 0 unspecified atom stereocenters. The molecular formula is C21H40O12. The third-order valence-corrected chi connectivity index (χ3v) is 5.61. The van der Waals surface area contributed by atoms with Crippen LogP contribution in [0.3, 0.4) is 0 Å². The molecule has 12 nitrogen and oxygen atoms in total. The Labute approximate surface area is 195 Å². The Kier molecular flexibility index (Phi) is 14.5. The summed E-state index contributed by atoms with van der Waals surface area (Å²) < 4.78 is 61.6. The average Bonchev–Trinajstić information content (AvgIpc) is 2.83. The second-order valence-corrected chi connectivity index (χ2v) is 7.31. The molecule has 0 radical (unpaired) electrons. The van der Waals surface area contributed by atoms with Gasteiger partial charge in [0.25, 0.3) is 0 Å². The summed E-state index contributed by atoms with van der Waals surface area (Å²) in [6.45, 7) is 0.362. The van der Waals surface area contributed by atoms with Crippen LogP contribution < -0.4 is 0 Å². The Hall–Kier alpha value is -0.930. The minimum absolute atomic E-state index is 0.138. The lowest BCUT2D eigenvalue weighted by molar-refractivity contribution is -0.337. The number of methoxy groups -OCH3 is 9. The Morgan fingerprint density at radius 3 is 1.82 bits per heavy atom. The van der Waals surface area contributed by atoms with Crippen LogP contribution in [0.1, 0.15) is 0 Å². The van der Waals surface area contributed by atoms with Gasteiger partial charge in [0.1, 0.15) is 42.7 Å². The second kappa shape index (κ2) is 15.9. The second-order valence-electron chi connectivity index (χ2n) is 7.31. The molecule has 0 amide bonds. The Morgan fingerprint density at radius 2 is 1.39 bits per heavy atom. The zero-order valence-corrected chi connectivity index (χ0v) is 21.0. The average molecular weight is 485 g/mol. The van der Waals surface area contributed by atoms with Gasteiger partial charge in [0.05, 0.1) is 20.3 Å². The maximum atomic E-state index is 12.4. The lowest BCUT2D eigenvalue weighted by Crippen LogP contribution is -2.63. The van der Waals surface area contributed by atoms with E-state index in [0.29, 0.717) is 0 Å². The Balaban J connectivity index is 3.38. The summed E-state index contributed by atoms with van der Waals surface area (Å²) in [5, 5.41) is 0. The van der Waals surface area contributed by atoms with Crippen molar-refractivity contribution in [3.8, 4) is 0 Å². The van der Waals surface area contributed by atoms with E-state index in [1.54, 1.807) is 21.3 Å². The van der Waals surface area contributed by atoms with Crippen molar-refractivity contribution in [2.75, 3.05) is 77.2 Å². The molecular weight excluding hydrogens is 444 g/mol. The van der Waals surface area contributed by atoms with E-state index in [2.05, 4.69) is 0 Å². The predicted molar refractivity (Wildman–Crippen MR) is 114 cm³/mol. The predicted octanol–water partition coefficient (Wildman–Crippen LogP) is -0.348. The van der Waals surface area contributed by atoms with Gasteiger partial charge in [-0.1, -0.05) is 0 Å². The molecule has 0 N–H and O–H groups in total. The molecule has 0 aliphatic carbocycles. The number of hydrogen-bond donors (Lipinski definition) is 0. The molecule has 1 heterocycles. The van der Waals surface area contributed by atoms with E-state index in [9.17, 15) is 4.79 Å². The molecule has 196 valence electrons. The van der Waals surface area contributed by atoms with Gasteiger partial charge >= 0.3 is 5.97 Å². The van der Waals surface area contributed by atoms with Crippen LogP contribution in [0.4, 0.5) is 0 Å². The number of carbonyl (C=O) groups excluding carboxylic acids is 1. The minimum atomic E-state index is -1.11. The standard InChI is InChI=1S/C21H40O12/c1-23-10-12(25-3)15(17(28-6)18(29-7)20(22)31-9)33-21-19(30-8)16(27-5)14(26-4)13(32-21)11-24-2/h12-19,21H,10-11H2,1-9H3/t12-,13-,14-,15-,16+,17+,18-,19-,21-/m1/s1. The molecule has 1 aliphatic rings. The number of carbonyl (C=O) groups is 1. The molecule has 12 heteroatoms. The van der Waals surface area contributed by atoms with Gasteiger partial charge in [-0.05, 0) is 0 Å². The first kappa shape index (κ1) is 30.1. The van der Waals surface area contributed by atoms with E-state index >= 15 is 0 Å². The quantitative estimate of drug-likeness (QED) is 0.267. The van der Waals surface area contributed by atoms with Gasteiger partial charge in [0, 0.05) is 56.9 Å². The normalized spacial score (nSPS) is 29.3. The summed E-state index contributed by atoms with van der Waals surface area (Å²) in [4.78, 5) is 12.4.